The molecule has 1 rings (SSSR count). The minimum absolute atomic E-state index is 0.0628. The first-order valence-corrected chi connectivity index (χ1v) is 6.29. The topological polar surface area (TPSA) is 26.3 Å². The molecule has 1 unspecified atom stereocenters. The van der Waals surface area contributed by atoms with Crippen LogP contribution in [0.3, 0.4) is 0 Å². The van der Waals surface area contributed by atoms with Crippen LogP contribution in [-0.4, -0.2) is 12.4 Å². The number of carbonyl (C=O) groups excluding carboxylic acids is 1. The van der Waals surface area contributed by atoms with Crippen LogP contribution < -0.4 is 4.74 Å². The van der Waals surface area contributed by atoms with Gasteiger partial charge in [0.05, 0.1) is 0 Å². The largest absolute Gasteiger partial charge is 0.434 e. The van der Waals surface area contributed by atoms with Crippen LogP contribution in [-0.2, 0) is 10.1 Å². The first kappa shape index (κ1) is 14.4. The molecule has 0 saturated carbocycles. The SMILES string of the molecule is CC(=O)C(Cl)c1ccc(CBr)cc1OC(F)F. The molecule has 0 aliphatic rings. The van der Waals surface area contributed by atoms with Gasteiger partial charge in [0.15, 0.2) is 5.78 Å². The van der Waals surface area contributed by atoms with Crippen molar-refractivity contribution >= 4 is 33.3 Å². The Balaban J connectivity index is 3.14. The Morgan fingerprint density at radius 2 is 2.18 bits per heavy atom. The molecule has 6 heteroatoms. The predicted octanol–water partition coefficient (Wildman–Crippen LogP) is 4.05. The second kappa shape index (κ2) is 6.31. The maximum absolute atomic E-state index is 12.2. The van der Waals surface area contributed by atoms with Crippen molar-refractivity contribution in [2.75, 3.05) is 0 Å². The highest BCUT2D eigenvalue weighted by Gasteiger charge is 2.20. The number of benzene rings is 1. The normalized spacial score (nSPS) is 12.6. The highest BCUT2D eigenvalue weighted by molar-refractivity contribution is 9.08. The molecule has 0 heterocycles. The van der Waals surface area contributed by atoms with Gasteiger partial charge >= 0.3 is 6.61 Å². The van der Waals surface area contributed by atoms with Crippen molar-refractivity contribution < 1.29 is 18.3 Å². The van der Waals surface area contributed by atoms with Gasteiger partial charge in [-0.05, 0) is 18.6 Å². The van der Waals surface area contributed by atoms with Crippen molar-refractivity contribution in [2.45, 2.75) is 24.2 Å². The average molecular weight is 328 g/mol. The first-order chi connectivity index (χ1) is 7.95. The Morgan fingerprint density at radius 1 is 1.53 bits per heavy atom. The Bertz CT molecular complexity index is 412. The van der Waals surface area contributed by atoms with Crippen molar-refractivity contribution in [1.82, 2.24) is 0 Å². The summed E-state index contributed by atoms with van der Waals surface area (Å²) in [6.45, 7) is -1.66. The van der Waals surface area contributed by atoms with Crippen LogP contribution in [0.5, 0.6) is 5.75 Å². The maximum atomic E-state index is 12.2. The number of ether oxygens (including phenoxy) is 1. The Hall–Kier alpha value is -0.680. The minimum Gasteiger partial charge on any atom is -0.434 e. The van der Waals surface area contributed by atoms with Gasteiger partial charge in [0, 0.05) is 10.9 Å². The van der Waals surface area contributed by atoms with E-state index in [4.69, 9.17) is 11.6 Å². The maximum Gasteiger partial charge on any atom is 0.387 e. The Labute approximate surface area is 111 Å². The van der Waals surface area contributed by atoms with Gasteiger partial charge in [0.1, 0.15) is 11.1 Å². The molecular formula is C11H10BrClF2O2. The number of hydrogen-bond donors (Lipinski definition) is 0. The van der Waals surface area contributed by atoms with Gasteiger partial charge in [-0.15, -0.1) is 11.6 Å². The standard InChI is InChI=1S/C11H10BrClF2O2/c1-6(16)10(13)8-3-2-7(5-12)4-9(8)17-11(14)15/h2-4,10-11H,5H2,1H3. The molecule has 2 nitrogen and oxygen atoms in total. The van der Waals surface area contributed by atoms with Crippen LogP contribution in [0, 0.1) is 0 Å². The summed E-state index contributed by atoms with van der Waals surface area (Å²) in [4.78, 5) is 11.2. The Kier molecular flexibility index (Phi) is 5.33. The van der Waals surface area contributed by atoms with Crippen LogP contribution in [0.25, 0.3) is 0 Å². The van der Waals surface area contributed by atoms with E-state index in [1.54, 1.807) is 6.07 Å². The number of hydrogen-bond acceptors (Lipinski definition) is 2. The lowest BCUT2D eigenvalue weighted by Crippen LogP contribution is -2.09. The fourth-order valence-corrected chi connectivity index (χ4v) is 1.82. The van der Waals surface area contributed by atoms with Crippen LogP contribution >= 0.6 is 27.5 Å². The molecule has 0 aliphatic heterocycles. The zero-order valence-corrected chi connectivity index (χ0v) is 11.3. The van der Waals surface area contributed by atoms with Crippen LogP contribution in [0.15, 0.2) is 18.2 Å². The lowest BCUT2D eigenvalue weighted by Gasteiger charge is -2.14. The number of alkyl halides is 4. The average Bonchev–Trinajstić information content (AvgIpc) is 2.27. The molecule has 0 saturated heterocycles. The van der Waals surface area contributed by atoms with Gasteiger partial charge in [-0.3, -0.25) is 4.79 Å². The zero-order chi connectivity index (χ0) is 13.0. The summed E-state index contributed by atoms with van der Waals surface area (Å²) in [6, 6.07) is 4.66. The van der Waals surface area contributed by atoms with Crippen molar-refractivity contribution in [3.8, 4) is 5.75 Å². The second-order valence-electron chi connectivity index (χ2n) is 3.36. The first-order valence-electron chi connectivity index (χ1n) is 4.73. The van der Waals surface area contributed by atoms with Crippen molar-refractivity contribution in [2.24, 2.45) is 0 Å². The van der Waals surface area contributed by atoms with Gasteiger partial charge in [0.2, 0.25) is 0 Å². The van der Waals surface area contributed by atoms with E-state index in [9.17, 15) is 13.6 Å². The highest BCUT2D eigenvalue weighted by Crippen LogP contribution is 2.32. The molecule has 0 amide bonds. The van der Waals surface area contributed by atoms with Crippen LogP contribution in [0.1, 0.15) is 23.4 Å². The summed E-state index contributed by atoms with van der Waals surface area (Å²) >= 11 is 9.04. The molecule has 1 aromatic rings. The molecule has 0 spiro atoms. The summed E-state index contributed by atoms with van der Waals surface area (Å²) in [5.41, 5.74) is 1.01. The fraction of sp³-hybridized carbons (Fsp3) is 0.364. The van der Waals surface area contributed by atoms with Crippen molar-refractivity contribution in [1.29, 1.82) is 0 Å². The van der Waals surface area contributed by atoms with E-state index >= 15 is 0 Å². The molecular weight excluding hydrogens is 317 g/mol. The second-order valence-corrected chi connectivity index (χ2v) is 4.35. The molecule has 0 radical (unpaired) electrons. The van der Waals surface area contributed by atoms with E-state index in [0.717, 1.165) is 5.56 Å². The number of ketones is 1. The van der Waals surface area contributed by atoms with E-state index in [1.165, 1.54) is 19.1 Å². The number of halogens is 4. The number of rotatable bonds is 5. The van der Waals surface area contributed by atoms with Gasteiger partial charge in [-0.1, -0.05) is 28.1 Å². The quantitative estimate of drug-likeness (QED) is 0.763. The van der Waals surface area contributed by atoms with E-state index in [0.29, 0.717) is 5.33 Å². The minimum atomic E-state index is -2.95. The predicted molar refractivity (Wildman–Crippen MR) is 65.0 cm³/mol. The molecule has 1 atom stereocenters. The fourth-order valence-electron chi connectivity index (χ4n) is 1.29. The summed E-state index contributed by atoms with van der Waals surface area (Å²) in [5, 5.41) is -0.479. The molecule has 1 aromatic carbocycles. The number of Topliss-reactive ketones (excluding diaryl/α,β-unsaturated/α-hetero) is 1. The third-order valence-electron chi connectivity index (χ3n) is 2.08. The van der Waals surface area contributed by atoms with Crippen LogP contribution in [0.2, 0.25) is 0 Å². The summed E-state index contributed by atoms with van der Waals surface area (Å²) in [5.74, 6) is -0.385. The summed E-state index contributed by atoms with van der Waals surface area (Å²) < 4.78 is 28.8. The van der Waals surface area contributed by atoms with E-state index < -0.39 is 12.0 Å². The van der Waals surface area contributed by atoms with E-state index in [1.807, 2.05) is 0 Å². The van der Waals surface area contributed by atoms with E-state index in [-0.39, 0.29) is 17.1 Å². The molecule has 17 heavy (non-hydrogen) atoms. The molecule has 94 valence electrons. The van der Waals surface area contributed by atoms with Gasteiger partial charge in [0.25, 0.3) is 0 Å². The third-order valence-corrected chi connectivity index (χ3v) is 3.27. The van der Waals surface area contributed by atoms with E-state index in [2.05, 4.69) is 20.7 Å². The number of carbonyl (C=O) groups is 1. The van der Waals surface area contributed by atoms with Crippen LogP contribution in [0.4, 0.5) is 8.78 Å². The summed E-state index contributed by atoms with van der Waals surface area (Å²) in [7, 11) is 0. The molecule has 0 aromatic heterocycles. The zero-order valence-electron chi connectivity index (χ0n) is 8.92. The molecule has 0 fully saturated rings. The van der Waals surface area contributed by atoms with Gasteiger partial charge in [-0.2, -0.15) is 8.78 Å². The Morgan fingerprint density at radius 3 is 2.65 bits per heavy atom. The van der Waals surface area contributed by atoms with Crippen molar-refractivity contribution in [3.05, 3.63) is 29.3 Å². The molecule has 0 N–H and O–H groups in total. The third kappa shape index (κ3) is 3.92. The lowest BCUT2D eigenvalue weighted by molar-refractivity contribution is -0.116. The molecule has 0 bridgehead atoms. The monoisotopic (exact) mass is 326 g/mol. The smallest absolute Gasteiger partial charge is 0.387 e. The van der Waals surface area contributed by atoms with Gasteiger partial charge in [-0.25, -0.2) is 0 Å². The molecule has 0 aliphatic carbocycles. The van der Waals surface area contributed by atoms with Crippen molar-refractivity contribution in [3.63, 3.8) is 0 Å². The highest BCUT2D eigenvalue weighted by atomic mass is 79.9. The van der Waals surface area contributed by atoms with Gasteiger partial charge < -0.3 is 4.74 Å². The summed E-state index contributed by atoms with van der Waals surface area (Å²) in [6.07, 6.45) is 0. The lowest BCUT2D eigenvalue weighted by atomic mass is 10.1.